The van der Waals surface area contributed by atoms with Gasteiger partial charge < -0.3 is 20.4 Å². The smallest absolute Gasteiger partial charge is 0.173 e. The van der Waals surface area contributed by atoms with E-state index in [1.165, 1.54) is 0 Å². The molecule has 0 spiro atoms. The molecular weight excluding hydrogens is 268 g/mol. The van der Waals surface area contributed by atoms with Crippen molar-refractivity contribution in [3.63, 3.8) is 0 Å². The third-order valence-electron chi connectivity index (χ3n) is 3.14. The minimum atomic E-state index is -0.0158. The largest absolute Gasteiger partial charge is 0.497 e. The van der Waals surface area contributed by atoms with E-state index in [2.05, 4.69) is 5.16 Å². The molecule has 0 aliphatic rings. The molecule has 2 rings (SSSR count). The second-order valence-electron chi connectivity index (χ2n) is 4.72. The lowest BCUT2D eigenvalue weighted by Crippen LogP contribution is -2.14. The molecular formula is C16H18N2O3. The first kappa shape index (κ1) is 14.7. The Morgan fingerprint density at radius 2 is 1.86 bits per heavy atom. The molecule has 0 unspecified atom stereocenters. The average molecular weight is 286 g/mol. The van der Waals surface area contributed by atoms with Crippen molar-refractivity contribution >= 4 is 5.84 Å². The number of oxime groups is 1. The summed E-state index contributed by atoms with van der Waals surface area (Å²) in [6.07, 6.45) is 0. The van der Waals surface area contributed by atoms with E-state index in [0.717, 1.165) is 16.9 Å². The number of nitrogens with two attached hydrogens (primary N) is 1. The van der Waals surface area contributed by atoms with E-state index in [0.29, 0.717) is 17.1 Å². The Morgan fingerprint density at radius 3 is 2.52 bits per heavy atom. The summed E-state index contributed by atoms with van der Waals surface area (Å²) in [4.78, 5) is 0. The number of benzene rings is 2. The molecule has 0 heterocycles. The molecule has 3 N–H and O–H groups in total. The number of aryl methyl sites for hydroxylation is 2. The van der Waals surface area contributed by atoms with Gasteiger partial charge in [0.15, 0.2) is 5.84 Å². The summed E-state index contributed by atoms with van der Waals surface area (Å²) in [6.45, 7) is 3.94. The van der Waals surface area contributed by atoms with Gasteiger partial charge in [-0.1, -0.05) is 17.3 Å². The van der Waals surface area contributed by atoms with Crippen LogP contribution in [0, 0.1) is 13.8 Å². The van der Waals surface area contributed by atoms with E-state index in [-0.39, 0.29) is 5.84 Å². The zero-order chi connectivity index (χ0) is 15.4. The molecule has 0 fully saturated rings. The maximum atomic E-state index is 8.88. The molecule has 0 bridgehead atoms. The van der Waals surface area contributed by atoms with Crippen molar-refractivity contribution in [2.24, 2.45) is 10.9 Å². The van der Waals surface area contributed by atoms with E-state index in [9.17, 15) is 0 Å². The molecule has 0 atom stereocenters. The van der Waals surface area contributed by atoms with Crippen LogP contribution in [0.1, 0.15) is 16.7 Å². The predicted octanol–water partition coefficient (Wildman–Crippen LogP) is 3.20. The van der Waals surface area contributed by atoms with Crippen molar-refractivity contribution in [3.05, 3.63) is 53.1 Å². The minimum Gasteiger partial charge on any atom is -0.497 e. The van der Waals surface area contributed by atoms with Crippen molar-refractivity contribution in [2.75, 3.05) is 7.11 Å². The number of hydrogen-bond acceptors (Lipinski definition) is 4. The summed E-state index contributed by atoms with van der Waals surface area (Å²) in [5.74, 6) is 1.80. The molecule has 0 amide bonds. The quantitative estimate of drug-likeness (QED) is 0.391. The number of nitrogens with zero attached hydrogens (tertiary/aromatic N) is 1. The molecule has 2 aromatic carbocycles. The van der Waals surface area contributed by atoms with Gasteiger partial charge in [0.25, 0.3) is 0 Å². The molecule has 0 radical (unpaired) electrons. The minimum absolute atomic E-state index is 0.0158. The molecule has 0 saturated carbocycles. The second kappa shape index (κ2) is 6.17. The topological polar surface area (TPSA) is 77.1 Å². The van der Waals surface area contributed by atoms with Crippen LogP contribution in [0.2, 0.25) is 0 Å². The van der Waals surface area contributed by atoms with Crippen molar-refractivity contribution in [3.8, 4) is 17.2 Å². The van der Waals surface area contributed by atoms with Crippen LogP contribution in [0.25, 0.3) is 0 Å². The standard InChI is InChI=1S/C16H18N2O3/c1-10-4-5-11(2)14(8-10)21-15-9-12(20-3)6-7-13(15)16(17)18-19/h4-9,19H,1-3H3,(H2,17,18). The van der Waals surface area contributed by atoms with Gasteiger partial charge in [-0.3, -0.25) is 0 Å². The van der Waals surface area contributed by atoms with Crippen LogP contribution >= 0.6 is 0 Å². The first-order chi connectivity index (χ1) is 10.0. The van der Waals surface area contributed by atoms with Crippen molar-refractivity contribution in [1.29, 1.82) is 0 Å². The van der Waals surface area contributed by atoms with Gasteiger partial charge in [0, 0.05) is 6.07 Å². The van der Waals surface area contributed by atoms with Gasteiger partial charge in [-0.2, -0.15) is 0 Å². The van der Waals surface area contributed by atoms with Gasteiger partial charge >= 0.3 is 0 Å². The van der Waals surface area contributed by atoms with Crippen molar-refractivity contribution in [2.45, 2.75) is 13.8 Å². The first-order valence-electron chi connectivity index (χ1n) is 6.46. The van der Waals surface area contributed by atoms with Gasteiger partial charge in [0.05, 0.1) is 12.7 Å². The summed E-state index contributed by atoms with van der Waals surface area (Å²) in [5, 5.41) is 11.9. The van der Waals surface area contributed by atoms with E-state index in [1.807, 2.05) is 32.0 Å². The maximum Gasteiger partial charge on any atom is 0.173 e. The van der Waals surface area contributed by atoms with Crippen LogP contribution < -0.4 is 15.2 Å². The zero-order valence-electron chi connectivity index (χ0n) is 12.3. The number of methoxy groups -OCH3 is 1. The molecule has 21 heavy (non-hydrogen) atoms. The Bertz CT molecular complexity index is 681. The van der Waals surface area contributed by atoms with Gasteiger partial charge in [-0.15, -0.1) is 0 Å². The number of amidine groups is 1. The average Bonchev–Trinajstić information content (AvgIpc) is 2.50. The van der Waals surface area contributed by atoms with Gasteiger partial charge in [0.2, 0.25) is 0 Å². The first-order valence-corrected chi connectivity index (χ1v) is 6.46. The summed E-state index contributed by atoms with van der Waals surface area (Å²) in [6, 6.07) is 11.0. The highest BCUT2D eigenvalue weighted by atomic mass is 16.5. The SMILES string of the molecule is COc1ccc(/C(N)=N/O)c(Oc2cc(C)ccc2C)c1. The Kier molecular flexibility index (Phi) is 4.33. The van der Waals surface area contributed by atoms with Crippen molar-refractivity contribution in [1.82, 2.24) is 0 Å². The summed E-state index contributed by atoms with van der Waals surface area (Å²) < 4.78 is 11.1. The van der Waals surface area contributed by atoms with E-state index in [1.54, 1.807) is 25.3 Å². The Labute approximate surface area is 123 Å². The normalized spacial score (nSPS) is 11.3. The van der Waals surface area contributed by atoms with Gasteiger partial charge in [0.1, 0.15) is 17.2 Å². The number of hydrogen-bond donors (Lipinski definition) is 2. The Hall–Kier alpha value is -2.69. The van der Waals surface area contributed by atoms with Crippen LogP contribution in [0.3, 0.4) is 0 Å². The highest BCUT2D eigenvalue weighted by molar-refractivity contribution is 5.99. The predicted molar refractivity (Wildman–Crippen MR) is 81.5 cm³/mol. The van der Waals surface area contributed by atoms with E-state index < -0.39 is 0 Å². The van der Waals surface area contributed by atoms with Crippen LogP contribution in [0.4, 0.5) is 0 Å². The summed E-state index contributed by atoms with van der Waals surface area (Å²) >= 11 is 0. The van der Waals surface area contributed by atoms with Crippen LogP contribution in [0.15, 0.2) is 41.6 Å². The number of ether oxygens (including phenoxy) is 2. The maximum absolute atomic E-state index is 8.88. The van der Waals surface area contributed by atoms with Crippen molar-refractivity contribution < 1.29 is 14.7 Å². The zero-order valence-corrected chi connectivity index (χ0v) is 12.3. The molecule has 110 valence electrons. The van der Waals surface area contributed by atoms with Gasteiger partial charge in [-0.05, 0) is 43.2 Å². The monoisotopic (exact) mass is 286 g/mol. The third-order valence-corrected chi connectivity index (χ3v) is 3.14. The van der Waals surface area contributed by atoms with E-state index in [4.69, 9.17) is 20.4 Å². The lowest BCUT2D eigenvalue weighted by molar-refractivity contribution is 0.318. The fourth-order valence-corrected chi connectivity index (χ4v) is 1.92. The van der Waals surface area contributed by atoms with Crippen LogP contribution in [-0.2, 0) is 0 Å². The molecule has 5 heteroatoms. The molecule has 0 aromatic heterocycles. The third kappa shape index (κ3) is 3.25. The number of rotatable bonds is 4. The highest BCUT2D eigenvalue weighted by Crippen LogP contribution is 2.31. The van der Waals surface area contributed by atoms with Crippen LogP contribution in [0.5, 0.6) is 17.2 Å². The fraction of sp³-hybridized carbons (Fsp3) is 0.188. The molecule has 0 aliphatic heterocycles. The van der Waals surface area contributed by atoms with Gasteiger partial charge in [-0.25, -0.2) is 0 Å². The summed E-state index contributed by atoms with van der Waals surface area (Å²) in [5.41, 5.74) is 8.27. The Balaban J connectivity index is 2.48. The second-order valence-corrected chi connectivity index (χ2v) is 4.72. The highest BCUT2D eigenvalue weighted by Gasteiger charge is 2.12. The van der Waals surface area contributed by atoms with E-state index >= 15 is 0 Å². The molecule has 0 saturated heterocycles. The fourth-order valence-electron chi connectivity index (χ4n) is 1.92. The lowest BCUT2D eigenvalue weighted by Gasteiger charge is -2.14. The van der Waals surface area contributed by atoms with Crippen LogP contribution in [-0.4, -0.2) is 18.2 Å². The molecule has 5 nitrogen and oxygen atoms in total. The lowest BCUT2D eigenvalue weighted by atomic mass is 10.1. The summed E-state index contributed by atoms with van der Waals surface area (Å²) in [7, 11) is 1.57. The Morgan fingerprint density at radius 1 is 1.10 bits per heavy atom. The molecule has 0 aliphatic carbocycles. The molecule has 2 aromatic rings.